The summed E-state index contributed by atoms with van der Waals surface area (Å²) >= 11 is 0. The number of amides is 1. The van der Waals surface area contributed by atoms with Crippen molar-refractivity contribution in [2.45, 2.75) is 59.9 Å². The summed E-state index contributed by atoms with van der Waals surface area (Å²) in [6.45, 7) is 13.1. The second-order valence-corrected chi connectivity index (χ2v) is 7.93. The van der Waals surface area contributed by atoms with Gasteiger partial charge in [-0.05, 0) is 42.4 Å². The third kappa shape index (κ3) is 2.74. The molecule has 0 aromatic rings. The minimum absolute atomic E-state index is 0.0149. The highest BCUT2D eigenvalue weighted by Crippen LogP contribution is 2.45. The van der Waals surface area contributed by atoms with Crippen LogP contribution < -0.4 is 5.73 Å². The van der Waals surface area contributed by atoms with Gasteiger partial charge < -0.3 is 10.6 Å². The molecule has 1 saturated carbocycles. The highest BCUT2D eigenvalue weighted by atomic mass is 16.2. The Morgan fingerprint density at radius 3 is 2.35 bits per heavy atom. The molecule has 1 aliphatic heterocycles. The predicted molar refractivity (Wildman–Crippen MR) is 83.2 cm³/mol. The number of hydrogen-bond acceptors (Lipinski definition) is 2. The molecule has 116 valence electrons. The molecule has 0 radical (unpaired) electrons. The third-order valence-electron chi connectivity index (χ3n) is 6.45. The van der Waals surface area contributed by atoms with Crippen LogP contribution in [-0.2, 0) is 4.79 Å². The number of nitrogens with zero attached hydrogens (tertiary/aromatic N) is 1. The normalized spacial score (nSPS) is 41.5. The Kier molecular flexibility index (Phi) is 4.48. The molecule has 20 heavy (non-hydrogen) atoms. The highest BCUT2D eigenvalue weighted by molar-refractivity contribution is 5.80. The van der Waals surface area contributed by atoms with E-state index in [4.69, 9.17) is 5.73 Å². The van der Waals surface area contributed by atoms with Gasteiger partial charge in [0.15, 0.2) is 0 Å². The van der Waals surface area contributed by atoms with Crippen molar-refractivity contribution in [3.63, 3.8) is 0 Å². The van der Waals surface area contributed by atoms with Crippen molar-refractivity contribution >= 4 is 5.91 Å². The van der Waals surface area contributed by atoms with Gasteiger partial charge in [-0.25, -0.2) is 0 Å². The Morgan fingerprint density at radius 1 is 1.10 bits per heavy atom. The van der Waals surface area contributed by atoms with Crippen LogP contribution in [0.25, 0.3) is 0 Å². The Balaban J connectivity index is 2.09. The molecule has 2 N–H and O–H groups in total. The molecule has 0 bridgehead atoms. The smallest absolute Gasteiger partial charge is 0.226 e. The third-order valence-corrected chi connectivity index (χ3v) is 6.45. The van der Waals surface area contributed by atoms with Crippen LogP contribution in [0.1, 0.15) is 53.9 Å². The van der Waals surface area contributed by atoms with Crippen molar-refractivity contribution in [1.29, 1.82) is 0 Å². The zero-order valence-corrected chi connectivity index (χ0v) is 13.9. The van der Waals surface area contributed by atoms with Crippen LogP contribution in [0.4, 0.5) is 0 Å². The number of carbonyl (C=O) groups is 1. The first kappa shape index (κ1) is 15.8. The monoisotopic (exact) mass is 280 g/mol. The van der Waals surface area contributed by atoms with Gasteiger partial charge in [-0.2, -0.15) is 0 Å². The van der Waals surface area contributed by atoms with Crippen molar-refractivity contribution in [3.05, 3.63) is 0 Å². The van der Waals surface area contributed by atoms with E-state index in [1.807, 2.05) is 0 Å². The molecule has 1 saturated heterocycles. The Labute approximate surface area is 124 Å². The summed E-state index contributed by atoms with van der Waals surface area (Å²) in [6, 6.07) is 0.245. The van der Waals surface area contributed by atoms with Crippen LogP contribution >= 0.6 is 0 Å². The summed E-state index contributed by atoms with van der Waals surface area (Å²) in [5.74, 6) is 2.31. The van der Waals surface area contributed by atoms with E-state index in [2.05, 4.69) is 39.5 Å². The van der Waals surface area contributed by atoms with Gasteiger partial charge in [-0.1, -0.05) is 34.6 Å². The molecule has 3 heteroatoms. The minimum Gasteiger partial charge on any atom is -0.342 e. The van der Waals surface area contributed by atoms with Crippen molar-refractivity contribution in [2.75, 3.05) is 13.1 Å². The fourth-order valence-corrected chi connectivity index (χ4v) is 3.98. The molecule has 1 heterocycles. The number of likely N-dealkylation sites (tertiary alicyclic amines) is 1. The van der Waals surface area contributed by atoms with Crippen molar-refractivity contribution in [2.24, 2.45) is 34.8 Å². The van der Waals surface area contributed by atoms with Crippen LogP contribution in [0.3, 0.4) is 0 Å². The first-order chi connectivity index (χ1) is 9.25. The van der Waals surface area contributed by atoms with Gasteiger partial charge in [-0.3, -0.25) is 4.79 Å². The van der Waals surface area contributed by atoms with E-state index < -0.39 is 0 Å². The number of hydrogen-bond donors (Lipinski definition) is 1. The van der Waals surface area contributed by atoms with Gasteiger partial charge in [0.2, 0.25) is 5.91 Å². The molecule has 5 unspecified atom stereocenters. The maximum absolute atomic E-state index is 13.0. The molecule has 1 aliphatic carbocycles. The zero-order valence-electron chi connectivity index (χ0n) is 13.9. The van der Waals surface area contributed by atoms with Crippen LogP contribution in [0, 0.1) is 29.1 Å². The van der Waals surface area contributed by atoms with Crippen molar-refractivity contribution in [3.8, 4) is 0 Å². The Bertz CT molecular complexity index is 366. The standard InChI is InChI=1S/C17H32N2O/c1-11-8-9-19(10-12(11)2)16(20)14-6-7-15(18)13(3)17(14,4)5/h11-15H,6-10,18H2,1-5H3. The Morgan fingerprint density at radius 2 is 1.75 bits per heavy atom. The number of piperidine rings is 1. The van der Waals surface area contributed by atoms with Crippen LogP contribution in [0.2, 0.25) is 0 Å². The maximum atomic E-state index is 13.0. The lowest BCUT2D eigenvalue weighted by atomic mass is 9.60. The van der Waals surface area contributed by atoms with Crippen LogP contribution in [-0.4, -0.2) is 29.9 Å². The second kappa shape index (κ2) is 5.67. The van der Waals surface area contributed by atoms with Gasteiger partial charge in [0.1, 0.15) is 0 Å². The van der Waals surface area contributed by atoms with Crippen LogP contribution in [0.15, 0.2) is 0 Å². The second-order valence-electron chi connectivity index (χ2n) is 7.93. The quantitative estimate of drug-likeness (QED) is 0.803. The lowest BCUT2D eigenvalue weighted by Crippen LogP contribution is -2.54. The van der Waals surface area contributed by atoms with Crippen LogP contribution in [0.5, 0.6) is 0 Å². The predicted octanol–water partition coefficient (Wildman–Crippen LogP) is 2.89. The maximum Gasteiger partial charge on any atom is 0.226 e. The fraction of sp³-hybridized carbons (Fsp3) is 0.941. The molecular formula is C17H32N2O. The highest BCUT2D eigenvalue weighted by Gasteiger charge is 2.46. The zero-order chi connectivity index (χ0) is 15.1. The van der Waals surface area contributed by atoms with Crippen molar-refractivity contribution in [1.82, 2.24) is 4.90 Å². The largest absolute Gasteiger partial charge is 0.342 e. The van der Waals surface area contributed by atoms with Crippen molar-refractivity contribution < 1.29 is 4.79 Å². The SMILES string of the molecule is CC1CCN(C(=O)C2CCC(N)C(C)C2(C)C)CC1C. The Hall–Kier alpha value is -0.570. The average molecular weight is 280 g/mol. The van der Waals surface area contributed by atoms with E-state index in [-0.39, 0.29) is 17.4 Å². The molecule has 2 rings (SSSR count). The first-order valence-electron chi connectivity index (χ1n) is 8.29. The van der Waals surface area contributed by atoms with E-state index in [0.29, 0.717) is 17.7 Å². The summed E-state index contributed by atoms with van der Waals surface area (Å²) in [6.07, 6.45) is 3.09. The first-order valence-corrected chi connectivity index (χ1v) is 8.29. The van der Waals surface area contributed by atoms with Gasteiger partial charge in [0.05, 0.1) is 0 Å². The number of carbonyl (C=O) groups excluding carboxylic acids is 1. The molecule has 0 aromatic heterocycles. The van der Waals surface area contributed by atoms with E-state index in [1.165, 1.54) is 0 Å². The molecule has 1 amide bonds. The number of nitrogens with two attached hydrogens (primary N) is 1. The van der Waals surface area contributed by atoms with E-state index >= 15 is 0 Å². The lowest BCUT2D eigenvalue weighted by molar-refractivity contribution is -0.146. The topological polar surface area (TPSA) is 46.3 Å². The minimum atomic E-state index is 0.0149. The molecule has 2 aliphatic rings. The molecule has 0 aromatic carbocycles. The van der Waals surface area contributed by atoms with E-state index in [1.54, 1.807) is 0 Å². The number of rotatable bonds is 1. The van der Waals surface area contributed by atoms with Gasteiger partial charge in [0, 0.05) is 25.0 Å². The van der Waals surface area contributed by atoms with Gasteiger partial charge >= 0.3 is 0 Å². The molecule has 0 spiro atoms. The summed E-state index contributed by atoms with van der Waals surface area (Å²) in [7, 11) is 0. The molecule has 3 nitrogen and oxygen atoms in total. The fourth-order valence-electron chi connectivity index (χ4n) is 3.98. The summed E-state index contributed by atoms with van der Waals surface area (Å²) < 4.78 is 0. The van der Waals surface area contributed by atoms with E-state index in [0.717, 1.165) is 38.3 Å². The summed E-state index contributed by atoms with van der Waals surface area (Å²) in [5, 5.41) is 0. The average Bonchev–Trinajstić information content (AvgIpc) is 2.39. The lowest BCUT2D eigenvalue weighted by Gasteiger charge is -2.48. The summed E-state index contributed by atoms with van der Waals surface area (Å²) in [4.78, 5) is 15.1. The molecule has 2 fully saturated rings. The van der Waals surface area contributed by atoms with Gasteiger partial charge in [-0.15, -0.1) is 0 Å². The molecular weight excluding hydrogens is 248 g/mol. The van der Waals surface area contributed by atoms with Gasteiger partial charge in [0.25, 0.3) is 0 Å². The molecule has 5 atom stereocenters. The summed E-state index contributed by atoms with van der Waals surface area (Å²) in [5.41, 5.74) is 6.22. The van der Waals surface area contributed by atoms with E-state index in [9.17, 15) is 4.79 Å².